The normalized spacial score (nSPS) is 18.0. The van der Waals surface area contributed by atoms with E-state index in [1.165, 1.54) is 18.5 Å². The Bertz CT molecular complexity index is 828. The van der Waals surface area contributed by atoms with Crippen LogP contribution in [0.4, 0.5) is 5.82 Å². The predicted molar refractivity (Wildman–Crippen MR) is 98.7 cm³/mol. The van der Waals surface area contributed by atoms with E-state index in [0.717, 1.165) is 43.3 Å². The number of hydrogen-bond donors (Lipinski definition) is 1. The number of hydrogen-bond acceptors (Lipinski definition) is 5. The van der Waals surface area contributed by atoms with Gasteiger partial charge in [-0.05, 0) is 49.9 Å². The van der Waals surface area contributed by atoms with E-state index in [9.17, 15) is 0 Å². The van der Waals surface area contributed by atoms with Crippen molar-refractivity contribution >= 4 is 11.5 Å². The molecule has 1 saturated heterocycles. The van der Waals surface area contributed by atoms with Gasteiger partial charge < -0.3 is 10.2 Å². The smallest absolute Gasteiger partial charge is 0.178 e. The molecule has 1 unspecified atom stereocenters. The minimum Gasteiger partial charge on any atom is -0.368 e. The molecule has 3 aromatic rings. The van der Waals surface area contributed by atoms with Crippen molar-refractivity contribution in [1.82, 2.24) is 24.7 Å². The van der Waals surface area contributed by atoms with Crippen LogP contribution in [0.3, 0.4) is 0 Å². The number of aryl methyl sites for hydroxylation is 1. The molecular weight excluding hydrogens is 312 g/mol. The summed E-state index contributed by atoms with van der Waals surface area (Å²) in [5.41, 5.74) is 2.21. The Morgan fingerprint density at radius 2 is 2.00 bits per heavy atom. The molecule has 25 heavy (non-hydrogen) atoms. The fourth-order valence-electron chi connectivity index (χ4n) is 3.45. The summed E-state index contributed by atoms with van der Waals surface area (Å²) in [6, 6.07) is 14.7. The van der Waals surface area contributed by atoms with Gasteiger partial charge in [-0.25, -0.2) is 0 Å². The molecule has 1 aliphatic rings. The van der Waals surface area contributed by atoms with Crippen LogP contribution in [0.25, 0.3) is 5.65 Å². The van der Waals surface area contributed by atoms with Crippen molar-refractivity contribution in [3.05, 3.63) is 53.9 Å². The molecular formula is C19H24N6. The van der Waals surface area contributed by atoms with Crippen LogP contribution in [-0.2, 0) is 6.42 Å². The lowest BCUT2D eigenvalue weighted by atomic mass is 10.1. The van der Waals surface area contributed by atoms with Crippen LogP contribution >= 0.6 is 0 Å². The molecule has 1 atom stereocenters. The van der Waals surface area contributed by atoms with Crippen molar-refractivity contribution in [3.8, 4) is 0 Å². The number of nitrogens with one attached hydrogen (secondary N) is 1. The van der Waals surface area contributed by atoms with Crippen LogP contribution in [0.15, 0.2) is 42.5 Å². The van der Waals surface area contributed by atoms with Gasteiger partial charge in [0.2, 0.25) is 0 Å². The number of benzene rings is 1. The molecule has 1 N–H and O–H groups in total. The van der Waals surface area contributed by atoms with Crippen molar-refractivity contribution in [2.24, 2.45) is 5.92 Å². The van der Waals surface area contributed by atoms with E-state index >= 15 is 0 Å². The highest BCUT2D eigenvalue weighted by Crippen LogP contribution is 2.17. The van der Waals surface area contributed by atoms with Crippen LogP contribution in [0.2, 0.25) is 0 Å². The van der Waals surface area contributed by atoms with Crippen molar-refractivity contribution < 1.29 is 0 Å². The fraction of sp³-hybridized carbons (Fsp3) is 0.421. The first-order chi connectivity index (χ1) is 12.3. The highest BCUT2D eigenvalue weighted by molar-refractivity contribution is 5.43. The Labute approximate surface area is 147 Å². The van der Waals surface area contributed by atoms with Crippen LogP contribution in [0.5, 0.6) is 0 Å². The molecule has 0 saturated carbocycles. The molecule has 0 amide bonds. The zero-order chi connectivity index (χ0) is 17.1. The van der Waals surface area contributed by atoms with Crippen LogP contribution < -0.4 is 5.32 Å². The summed E-state index contributed by atoms with van der Waals surface area (Å²) in [5.74, 6) is 2.38. The summed E-state index contributed by atoms with van der Waals surface area (Å²) >= 11 is 0. The van der Waals surface area contributed by atoms with Gasteiger partial charge in [0.15, 0.2) is 11.5 Å². The summed E-state index contributed by atoms with van der Waals surface area (Å²) in [7, 11) is 0. The number of aromatic nitrogens is 4. The summed E-state index contributed by atoms with van der Waals surface area (Å²) in [5, 5.41) is 16.1. The zero-order valence-corrected chi connectivity index (χ0v) is 14.6. The van der Waals surface area contributed by atoms with Gasteiger partial charge in [0, 0.05) is 19.6 Å². The van der Waals surface area contributed by atoms with Gasteiger partial charge in [-0.3, -0.25) is 0 Å². The van der Waals surface area contributed by atoms with Gasteiger partial charge in [0.1, 0.15) is 5.82 Å². The molecule has 1 fully saturated rings. The monoisotopic (exact) mass is 336 g/mol. The Hall–Kier alpha value is -2.47. The van der Waals surface area contributed by atoms with Crippen LogP contribution in [0.1, 0.15) is 17.8 Å². The molecule has 6 heteroatoms. The lowest BCUT2D eigenvalue weighted by Gasteiger charge is -2.16. The second-order valence-corrected chi connectivity index (χ2v) is 6.81. The van der Waals surface area contributed by atoms with E-state index < -0.39 is 0 Å². The molecule has 1 aromatic carbocycles. The first-order valence-corrected chi connectivity index (χ1v) is 8.97. The van der Waals surface area contributed by atoms with Crippen molar-refractivity contribution in [2.45, 2.75) is 19.8 Å². The summed E-state index contributed by atoms with van der Waals surface area (Å²) in [4.78, 5) is 2.57. The van der Waals surface area contributed by atoms with Crippen molar-refractivity contribution in [1.29, 1.82) is 0 Å². The lowest BCUT2D eigenvalue weighted by molar-refractivity contribution is 0.330. The van der Waals surface area contributed by atoms with Gasteiger partial charge in [-0.1, -0.05) is 30.3 Å². The summed E-state index contributed by atoms with van der Waals surface area (Å²) < 4.78 is 1.78. The average Bonchev–Trinajstić information content (AvgIpc) is 3.26. The first-order valence-electron chi connectivity index (χ1n) is 8.97. The third-order valence-corrected chi connectivity index (χ3v) is 4.92. The summed E-state index contributed by atoms with van der Waals surface area (Å²) in [6.45, 7) is 6.37. The molecule has 0 radical (unpaired) electrons. The third kappa shape index (κ3) is 3.79. The Balaban J connectivity index is 1.26. The van der Waals surface area contributed by atoms with E-state index in [1.54, 1.807) is 4.52 Å². The van der Waals surface area contributed by atoms with E-state index in [0.29, 0.717) is 5.92 Å². The Morgan fingerprint density at radius 1 is 1.12 bits per heavy atom. The quantitative estimate of drug-likeness (QED) is 0.749. The highest BCUT2D eigenvalue weighted by Gasteiger charge is 2.22. The molecule has 130 valence electrons. The third-order valence-electron chi connectivity index (χ3n) is 4.92. The molecule has 0 spiro atoms. The number of anilines is 1. The minimum atomic E-state index is 0.676. The van der Waals surface area contributed by atoms with Crippen molar-refractivity contribution in [3.63, 3.8) is 0 Å². The Morgan fingerprint density at radius 3 is 2.88 bits per heavy atom. The molecule has 3 heterocycles. The standard InChI is InChI=1S/C19H24N6/c1-15-21-22-19-8-7-18(23-25(15)19)20-13-17-10-12-24(14-17)11-9-16-5-3-2-4-6-16/h2-8,17H,9-14H2,1H3,(H,20,23). The largest absolute Gasteiger partial charge is 0.368 e. The van der Waals surface area contributed by atoms with E-state index in [2.05, 4.69) is 55.8 Å². The molecule has 4 rings (SSSR count). The zero-order valence-electron chi connectivity index (χ0n) is 14.6. The maximum absolute atomic E-state index is 4.56. The van der Waals surface area contributed by atoms with E-state index in [4.69, 9.17) is 0 Å². The number of likely N-dealkylation sites (tertiary alicyclic amines) is 1. The maximum Gasteiger partial charge on any atom is 0.178 e. The molecule has 6 nitrogen and oxygen atoms in total. The van der Waals surface area contributed by atoms with Gasteiger partial charge in [0.05, 0.1) is 0 Å². The van der Waals surface area contributed by atoms with Gasteiger partial charge in [-0.15, -0.1) is 15.3 Å². The molecule has 2 aromatic heterocycles. The molecule has 0 aliphatic carbocycles. The van der Waals surface area contributed by atoms with Gasteiger partial charge >= 0.3 is 0 Å². The summed E-state index contributed by atoms with van der Waals surface area (Å²) in [6.07, 6.45) is 2.38. The molecule has 1 aliphatic heterocycles. The Kier molecular flexibility index (Phi) is 4.61. The predicted octanol–water partition coefficient (Wildman–Crippen LogP) is 2.41. The lowest BCUT2D eigenvalue weighted by Crippen LogP contribution is -2.25. The first kappa shape index (κ1) is 16.0. The number of nitrogens with zero attached hydrogens (tertiary/aromatic N) is 5. The van der Waals surface area contributed by atoms with E-state index in [-0.39, 0.29) is 0 Å². The van der Waals surface area contributed by atoms with Gasteiger partial charge in [-0.2, -0.15) is 4.52 Å². The SMILES string of the molecule is Cc1nnc2ccc(NCC3CCN(CCc4ccccc4)C3)nn12. The minimum absolute atomic E-state index is 0.676. The number of rotatable bonds is 6. The van der Waals surface area contributed by atoms with Crippen LogP contribution in [0, 0.1) is 12.8 Å². The highest BCUT2D eigenvalue weighted by atomic mass is 15.4. The van der Waals surface area contributed by atoms with Crippen LogP contribution in [-0.4, -0.2) is 50.9 Å². The van der Waals surface area contributed by atoms with Gasteiger partial charge in [0.25, 0.3) is 0 Å². The second kappa shape index (κ2) is 7.19. The topological polar surface area (TPSA) is 58.4 Å². The fourth-order valence-corrected chi connectivity index (χ4v) is 3.45. The average molecular weight is 336 g/mol. The molecule has 0 bridgehead atoms. The second-order valence-electron chi connectivity index (χ2n) is 6.81. The maximum atomic E-state index is 4.56. The van der Waals surface area contributed by atoms with E-state index in [1.807, 2.05) is 19.1 Å². The van der Waals surface area contributed by atoms with Crippen molar-refractivity contribution in [2.75, 3.05) is 31.5 Å². The number of fused-ring (bicyclic) bond motifs is 1.